The van der Waals surface area contributed by atoms with Crippen molar-refractivity contribution in [3.63, 3.8) is 0 Å². The second-order valence-electron chi connectivity index (χ2n) is 4.01. The molecule has 17 heavy (non-hydrogen) atoms. The number of hydrogen-bond donors (Lipinski definition) is 1. The largest absolute Gasteiger partial charge is 0.465 e. The number of hydrogen-bond acceptors (Lipinski definition) is 3. The van der Waals surface area contributed by atoms with E-state index in [-0.39, 0.29) is 18.4 Å². The van der Waals surface area contributed by atoms with Crippen LogP contribution in [0.1, 0.15) is 12.0 Å². The quantitative estimate of drug-likeness (QED) is 0.866. The van der Waals surface area contributed by atoms with E-state index in [1.165, 1.54) is 5.56 Å². The lowest BCUT2D eigenvalue weighted by atomic mass is 10.1. The topological polar surface area (TPSA) is 38.3 Å². The second kappa shape index (κ2) is 6.99. The first kappa shape index (κ1) is 14.5. The van der Waals surface area contributed by atoms with E-state index in [0.29, 0.717) is 18.9 Å². The number of nitrogens with one attached hydrogen (secondary N) is 1. The smallest absolute Gasteiger partial charge is 0.306 e. The van der Waals surface area contributed by atoms with Crippen LogP contribution >= 0.6 is 28.3 Å². The molecule has 0 radical (unpaired) electrons. The van der Waals surface area contributed by atoms with Gasteiger partial charge in [0, 0.05) is 23.5 Å². The molecule has 1 heterocycles. The standard InChI is InChI=1S/C12H14BrNO2.ClH/c13-11-3-1-2-9(4-11)6-14-7-10-5-12(15)16-8-10;/h1-4,10,14H,5-8H2;1H. The monoisotopic (exact) mass is 319 g/mol. The lowest BCUT2D eigenvalue weighted by molar-refractivity contribution is -0.137. The van der Waals surface area contributed by atoms with Gasteiger partial charge in [0.1, 0.15) is 0 Å². The zero-order valence-electron chi connectivity index (χ0n) is 9.32. The highest BCUT2D eigenvalue weighted by molar-refractivity contribution is 9.10. The van der Waals surface area contributed by atoms with E-state index in [1.807, 2.05) is 12.1 Å². The zero-order valence-corrected chi connectivity index (χ0v) is 11.7. The van der Waals surface area contributed by atoms with Gasteiger partial charge < -0.3 is 10.1 Å². The predicted octanol–water partition coefficient (Wildman–Crippen LogP) is 2.52. The summed E-state index contributed by atoms with van der Waals surface area (Å²) in [4.78, 5) is 10.9. The molecular formula is C12H15BrClNO2. The van der Waals surface area contributed by atoms with Gasteiger partial charge in [-0.3, -0.25) is 4.79 Å². The highest BCUT2D eigenvalue weighted by atomic mass is 79.9. The van der Waals surface area contributed by atoms with E-state index in [9.17, 15) is 4.79 Å². The molecule has 94 valence electrons. The summed E-state index contributed by atoms with van der Waals surface area (Å²) in [6.45, 7) is 2.21. The van der Waals surface area contributed by atoms with E-state index in [0.717, 1.165) is 17.6 Å². The van der Waals surface area contributed by atoms with Crippen LogP contribution in [-0.4, -0.2) is 19.1 Å². The summed E-state index contributed by atoms with van der Waals surface area (Å²) in [5, 5.41) is 3.34. The molecule has 1 N–H and O–H groups in total. The maximum atomic E-state index is 10.9. The molecule has 1 aromatic carbocycles. The van der Waals surface area contributed by atoms with Gasteiger partial charge in [0.15, 0.2) is 0 Å². The molecule has 1 aromatic rings. The third-order valence-corrected chi connectivity index (χ3v) is 3.08. The Balaban J connectivity index is 0.00000144. The fourth-order valence-electron chi connectivity index (χ4n) is 1.76. The van der Waals surface area contributed by atoms with Gasteiger partial charge >= 0.3 is 5.97 Å². The SMILES string of the molecule is Cl.O=C1CC(CNCc2cccc(Br)c2)CO1. The first-order valence-corrected chi connectivity index (χ1v) is 6.14. The number of halogens is 2. The number of rotatable bonds is 4. The summed E-state index contributed by atoms with van der Waals surface area (Å²) in [5.74, 6) is 0.258. The maximum absolute atomic E-state index is 10.9. The van der Waals surface area contributed by atoms with Gasteiger partial charge in [-0.15, -0.1) is 12.4 Å². The van der Waals surface area contributed by atoms with Crippen molar-refractivity contribution in [1.82, 2.24) is 5.32 Å². The van der Waals surface area contributed by atoms with Crippen LogP contribution in [0.4, 0.5) is 0 Å². The summed E-state index contributed by atoms with van der Waals surface area (Å²) in [5.41, 5.74) is 1.24. The summed E-state index contributed by atoms with van der Waals surface area (Å²) in [6, 6.07) is 8.19. The Morgan fingerprint density at radius 1 is 1.47 bits per heavy atom. The molecule has 0 saturated carbocycles. The van der Waals surface area contributed by atoms with Crippen molar-refractivity contribution < 1.29 is 9.53 Å². The van der Waals surface area contributed by atoms with Crippen molar-refractivity contribution in [1.29, 1.82) is 0 Å². The average Bonchev–Trinajstić information content (AvgIpc) is 2.64. The average molecular weight is 321 g/mol. The molecule has 0 aliphatic carbocycles. The molecule has 3 nitrogen and oxygen atoms in total. The van der Waals surface area contributed by atoms with Crippen LogP contribution in [0, 0.1) is 5.92 Å². The Morgan fingerprint density at radius 2 is 2.29 bits per heavy atom. The van der Waals surface area contributed by atoms with Crippen LogP contribution in [-0.2, 0) is 16.1 Å². The number of benzene rings is 1. The van der Waals surface area contributed by atoms with E-state index >= 15 is 0 Å². The third-order valence-electron chi connectivity index (χ3n) is 2.59. The zero-order chi connectivity index (χ0) is 11.4. The molecule has 1 aliphatic rings. The molecular weight excluding hydrogens is 305 g/mol. The molecule has 1 saturated heterocycles. The normalized spacial score (nSPS) is 18.6. The van der Waals surface area contributed by atoms with Crippen molar-refractivity contribution in [3.05, 3.63) is 34.3 Å². The van der Waals surface area contributed by atoms with Crippen LogP contribution in [0.15, 0.2) is 28.7 Å². The van der Waals surface area contributed by atoms with Crippen LogP contribution in [0.3, 0.4) is 0 Å². The summed E-state index contributed by atoms with van der Waals surface area (Å²) in [7, 11) is 0. The molecule has 1 fully saturated rings. The summed E-state index contributed by atoms with van der Waals surface area (Å²) in [6.07, 6.45) is 0.547. The van der Waals surface area contributed by atoms with Crippen LogP contribution in [0.5, 0.6) is 0 Å². The van der Waals surface area contributed by atoms with Gasteiger partial charge in [0.05, 0.1) is 13.0 Å². The highest BCUT2D eigenvalue weighted by Crippen LogP contribution is 2.14. The summed E-state index contributed by atoms with van der Waals surface area (Å²) < 4.78 is 5.99. The molecule has 1 atom stereocenters. The van der Waals surface area contributed by atoms with E-state index in [2.05, 4.69) is 33.4 Å². The molecule has 0 amide bonds. The predicted molar refractivity (Wildman–Crippen MR) is 72.2 cm³/mol. The van der Waals surface area contributed by atoms with Gasteiger partial charge in [0.2, 0.25) is 0 Å². The fourth-order valence-corrected chi connectivity index (χ4v) is 2.21. The minimum atomic E-state index is -0.0748. The van der Waals surface area contributed by atoms with Crippen molar-refractivity contribution in [3.8, 4) is 0 Å². The Hall–Kier alpha value is -0.580. The minimum Gasteiger partial charge on any atom is -0.465 e. The minimum absolute atomic E-state index is 0. The first-order chi connectivity index (χ1) is 7.74. The molecule has 0 spiro atoms. The second-order valence-corrected chi connectivity index (χ2v) is 4.93. The lowest BCUT2D eigenvalue weighted by Gasteiger charge is -2.08. The van der Waals surface area contributed by atoms with Gasteiger partial charge in [-0.25, -0.2) is 0 Å². The summed E-state index contributed by atoms with van der Waals surface area (Å²) >= 11 is 3.44. The van der Waals surface area contributed by atoms with Crippen LogP contribution in [0.25, 0.3) is 0 Å². The van der Waals surface area contributed by atoms with E-state index in [4.69, 9.17) is 4.74 Å². The van der Waals surface area contributed by atoms with E-state index < -0.39 is 0 Å². The van der Waals surface area contributed by atoms with Gasteiger partial charge in [-0.05, 0) is 17.7 Å². The number of esters is 1. The van der Waals surface area contributed by atoms with E-state index in [1.54, 1.807) is 0 Å². The molecule has 1 unspecified atom stereocenters. The Bertz CT molecular complexity index is 387. The fraction of sp³-hybridized carbons (Fsp3) is 0.417. The highest BCUT2D eigenvalue weighted by Gasteiger charge is 2.22. The van der Waals surface area contributed by atoms with Crippen LogP contribution < -0.4 is 5.32 Å². The Morgan fingerprint density at radius 3 is 2.94 bits per heavy atom. The number of ether oxygens (including phenoxy) is 1. The van der Waals surface area contributed by atoms with Crippen molar-refractivity contribution in [2.75, 3.05) is 13.2 Å². The molecule has 1 aliphatic heterocycles. The number of carbonyl (C=O) groups is 1. The van der Waals surface area contributed by atoms with Gasteiger partial charge in [-0.1, -0.05) is 28.1 Å². The number of cyclic esters (lactones) is 1. The van der Waals surface area contributed by atoms with Gasteiger partial charge in [-0.2, -0.15) is 0 Å². The molecule has 2 rings (SSSR count). The Kier molecular flexibility index (Phi) is 5.95. The maximum Gasteiger partial charge on any atom is 0.306 e. The van der Waals surface area contributed by atoms with Crippen molar-refractivity contribution in [2.45, 2.75) is 13.0 Å². The third kappa shape index (κ3) is 4.66. The van der Waals surface area contributed by atoms with Gasteiger partial charge in [0.25, 0.3) is 0 Å². The lowest BCUT2D eigenvalue weighted by Crippen LogP contribution is -2.22. The number of carbonyl (C=O) groups excluding carboxylic acids is 1. The molecule has 0 aromatic heterocycles. The Labute approximate surface area is 115 Å². The van der Waals surface area contributed by atoms with Crippen LogP contribution in [0.2, 0.25) is 0 Å². The van der Waals surface area contributed by atoms with Crippen molar-refractivity contribution in [2.24, 2.45) is 5.92 Å². The molecule has 5 heteroatoms. The van der Waals surface area contributed by atoms with Crippen molar-refractivity contribution >= 4 is 34.3 Å². The molecule has 0 bridgehead atoms. The first-order valence-electron chi connectivity index (χ1n) is 5.35.